The largest absolute Gasteiger partial charge is 0.339 e. The Morgan fingerprint density at radius 2 is 1.61 bits per heavy atom. The molecule has 2 saturated heterocycles. The molecule has 3 aliphatic rings. The Hall–Kier alpha value is -3.31. The molecule has 0 aromatic heterocycles. The van der Waals surface area contributed by atoms with E-state index in [9.17, 15) is 9.59 Å². The van der Waals surface area contributed by atoms with E-state index >= 15 is 0 Å². The minimum Gasteiger partial charge on any atom is -0.339 e. The second kappa shape index (κ2) is 12.7. The van der Waals surface area contributed by atoms with Gasteiger partial charge in [-0.1, -0.05) is 85.1 Å². The van der Waals surface area contributed by atoms with Gasteiger partial charge in [0.05, 0.1) is 4.91 Å². The highest BCUT2D eigenvalue weighted by Crippen LogP contribution is 2.42. The van der Waals surface area contributed by atoms with Crippen molar-refractivity contribution < 1.29 is 9.59 Å². The van der Waals surface area contributed by atoms with Gasteiger partial charge in [0.2, 0.25) is 0 Å². The first-order chi connectivity index (χ1) is 20.0. The molecule has 3 fully saturated rings. The van der Waals surface area contributed by atoms with Crippen LogP contribution < -0.4 is 0 Å². The minimum absolute atomic E-state index is 0.111. The molecular formula is C36H40N2O2S. The Morgan fingerprint density at radius 3 is 2.37 bits per heavy atom. The lowest BCUT2D eigenvalue weighted by Gasteiger charge is -2.44. The van der Waals surface area contributed by atoms with Crippen LogP contribution in [0.5, 0.6) is 0 Å². The lowest BCUT2D eigenvalue weighted by Crippen LogP contribution is -2.50. The molecule has 0 spiro atoms. The van der Waals surface area contributed by atoms with E-state index in [4.69, 9.17) is 0 Å². The first kappa shape index (κ1) is 27.8. The molecule has 1 saturated carbocycles. The molecule has 41 heavy (non-hydrogen) atoms. The highest BCUT2D eigenvalue weighted by atomic mass is 32.2. The summed E-state index contributed by atoms with van der Waals surface area (Å²) in [7, 11) is 0. The van der Waals surface area contributed by atoms with Crippen molar-refractivity contribution in [3.63, 3.8) is 0 Å². The van der Waals surface area contributed by atoms with Crippen LogP contribution in [0.1, 0.15) is 71.1 Å². The van der Waals surface area contributed by atoms with Crippen LogP contribution in [0.25, 0.3) is 6.08 Å². The van der Waals surface area contributed by atoms with E-state index in [1.807, 2.05) is 35.2 Å². The summed E-state index contributed by atoms with van der Waals surface area (Å²) in [5.74, 6) is 0.883. The molecule has 6 rings (SSSR count). The molecule has 2 atom stereocenters. The molecule has 2 aliphatic heterocycles. The molecule has 3 aromatic carbocycles. The molecule has 2 amide bonds. The summed E-state index contributed by atoms with van der Waals surface area (Å²) in [4.78, 5) is 32.0. The monoisotopic (exact) mass is 564 g/mol. The van der Waals surface area contributed by atoms with E-state index in [0.717, 1.165) is 61.2 Å². The van der Waals surface area contributed by atoms with E-state index in [1.165, 1.54) is 29.5 Å². The molecule has 3 aromatic rings. The maximum absolute atomic E-state index is 13.8. The van der Waals surface area contributed by atoms with Gasteiger partial charge in [0.15, 0.2) is 0 Å². The van der Waals surface area contributed by atoms with Crippen molar-refractivity contribution in [2.24, 2.45) is 5.92 Å². The topological polar surface area (TPSA) is 40.6 Å². The van der Waals surface area contributed by atoms with Crippen molar-refractivity contribution >= 4 is 29.7 Å². The molecule has 212 valence electrons. The van der Waals surface area contributed by atoms with Crippen LogP contribution in [0.15, 0.2) is 83.8 Å². The lowest BCUT2D eigenvalue weighted by atomic mass is 9.90. The van der Waals surface area contributed by atoms with Crippen LogP contribution in [0, 0.1) is 12.8 Å². The number of fused-ring (bicyclic) bond motifs is 1. The van der Waals surface area contributed by atoms with Crippen molar-refractivity contribution in [1.29, 1.82) is 0 Å². The Morgan fingerprint density at radius 1 is 0.878 bits per heavy atom. The number of aryl methyl sites for hydroxylation is 1. The van der Waals surface area contributed by atoms with Crippen molar-refractivity contribution in [2.45, 2.75) is 69.7 Å². The standard InChI is InChI=1S/C36H40N2O2S/c1-26-8-7-11-30(22-26)25-38-32-12-5-6-13-33(32)41-34(36(38)40)24-28-14-16-31(17-15-28)35(39)37-20-18-29(19-21-37)23-27-9-3-2-4-10-27/h2-4,7-11,14-17,22,24,29,32-33H,5-6,12-13,18-21,23,25H2,1H3/b34-24+. The Kier molecular flexibility index (Phi) is 8.62. The number of piperidine rings is 1. The maximum Gasteiger partial charge on any atom is 0.260 e. The predicted molar refractivity (Wildman–Crippen MR) is 169 cm³/mol. The number of nitrogens with zero attached hydrogens (tertiary/aromatic N) is 2. The van der Waals surface area contributed by atoms with E-state index in [1.54, 1.807) is 11.8 Å². The Balaban J connectivity index is 1.11. The van der Waals surface area contributed by atoms with Crippen molar-refractivity contribution in [3.8, 4) is 0 Å². The third-order valence-corrected chi connectivity index (χ3v) is 10.4. The number of likely N-dealkylation sites (tertiary alicyclic amines) is 1. The fraction of sp³-hybridized carbons (Fsp3) is 0.389. The fourth-order valence-corrected chi connectivity index (χ4v) is 8.19. The van der Waals surface area contributed by atoms with E-state index in [-0.39, 0.29) is 11.8 Å². The summed E-state index contributed by atoms with van der Waals surface area (Å²) in [6.45, 7) is 4.39. The third kappa shape index (κ3) is 6.62. The summed E-state index contributed by atoms with van der Waals surface area (Å²) >= 11 is 1.76. The number of amides is 2. The first-order valence-electron chi connectivity index (χ1n) is 15.2. The second-order valence-corrected chi connectivity index (χ2v) is 13.3. The van der Waals surface area contributed by atoms with Gasteiger partial charge in [0.1, 0.15) is 0 Å². The van der Waals surface area contributed by atoms with Gasteiger partial charge in [-0.15, -0.1) is 11.8 Å². The third-order valence-electron chi connectivity index (χ3n) is 8.98. The summed E-state index contributed by atoms with van der Waals surface area (Å²) in [5.41, 5.74) is 5.51. The van der Waals surface area contributed by atoms with Gasteiger partial charge in [-0.05, 0) is 79.8 Å². The van der Waals surface area contributed by atoms with Crippen molar-refractivity contribution in [2.75, 3.05) is 13.1 Å². The molecule has 2 unspecified atom stereocenters. The quantitative estimate of drug-likeness (QED) is 0.291. The van der Waals surface area contributed by atoms with Gasteiger partial charge in [0.25, 0.3) is 11.8 Å². The van der Waals surface area contributed by atoms with Crippen LogP contribution in [-0.4, -0.2) is 46.0 Å². The number of benzene rings is 3. The molecule has 1 aliphatic carbocycles. The number of hydrogen-bond acceptors (Lipinski definition) is 3. The van der Waals surface area contributed by atoms with Gasteiger partial charge in [-0.3, -0.25) is 9.59 Å². The molecule has 4 nitrogen and oxygen atoms in total. The van der Waals surface area contributed by atoms with Crippen LogP contribution in [0.4, 0.5) is 0 Å². The van der Waals surface area contributed by atoms with Crippen molar-refractivity contribution in [1.82, 2.24) is 9.80 Å². The van der Waals surface area contributed by atoms with Gasteiger partial charge in [-0.25, -0.2) is 0 Å². The molecule has 5 heteroatoms. The van der Waals surface area contributed by atoms with E-state index in [0.29, 0.717) is 23.8 Å². The number of thioether (sulfide) groups is 1. The van der Waals surface area contributed by atoms with Gasteiger partial charge in [-0.2, -0.15) is 0 Å². The smallest absolute Gasteiger partial charge is 0.260 e. The second-order valence-electron chi connectivity index (χ2n) is 12.0. The summed E-state index contributed by atoms with van der Waals surface area (Å²) in [6, 6.07) is 27.3. The van der Waals surface area contributed by atoms with Gasteiger partial charge in [0, 0.05) is 36.5 Å². The molecule has 0 radical (unpaired) electrons. The predicted octanol–water partition coefficient (Wildman–Crippen LogP) is 7.52. The van der Waals surface area contributed by atoms with Crippen LogP contribution in [-0.2, 0) is 17.8 Å². The summed E-state index contributed by atoms with van der Waals surface area (Å²) in [6.07, 6.45) is 9.88. The van der Waals surface area contributed by atoms with Crippen molar-refractivity contribution in [3.05, 3.63) is 112 Å². The Bertz CT molecular complexity index is 1390. The van der Waals surface area contributed by atoms with Gasteiger partial charge >= 0.3 is 0 Å². The maximum atomic E-state index is 13.8. The van der Waals surface area contributed by atoms with E-state index in [2.05, 4.69) is 66.4 Å². The van der Waals surface area contributed by atoms with E-state index < -0.39 is 0 Å². The zero-order valence-electron chi connectivity index (χ0n) is 24.0. The molecular weight excluding hydrogens is 524 g/mol. The number of carbonyl (C=O) groups is 2. The molecule has 0 N–H and O–H groups in total. The Labute approximate surface area is 248 Å². The average molecular weight is 565 g/mol. The SMILES string of the molecule is Cc1cccc(CN2C(=O)/C(=C\c3ccc(C(=O)N4CCC(Cc5ccccc5)CC4)cc3)SC3CCCCC32)c1. The molecule has 0 bridgehead atoms. The highest BCUT2D eigenvalue weighted by molar-refractivity contribution is 8.04. The number of rotatable bonds is 6. The lowest BCUT2D eigenvalue weighted by molar-refractivity contribution is -0.130. The number of hydrogen-bond donors (Lipinski definition) is 0. The van der Waals surface area contributed by atoms with Crippen LogP contribution in [0.2, 0.25) is 0 Å². The first-order valence-corrected chi connectivity index (χ1v) is 16.1. The minimum atomic E-state index is 0.111. The normalized spacial score (nSPS) is 22.6. The highest BCUT2D eigenvalue weighted by Gasteiger charge is 2.40. The zero-order chi connectivity index (χ0) is 28.2. The van der Waals surface area contributed by atoms with Crippen LogP contribution in [0.3, 0.4) is 0 Å². The van der Waals surface area contributed by atoms with Crippen LogP contribution >= 0.6 is 11.8 Å². The average Bonchev–Trinajstić information content (AvgIpc) is 3.00. The summed E-state index contributed by atoms with van der Waals surface area (Å²) < 4.78 is 0. The van der Waals surface area contributed by atoms with Gasteiger partial charge < -0.3 is 9.80 Å². The fourth-order valence-electron chi connectivity index (χ4n) is 6.71. The zero-order valence-corrected chi connectivity index (χ0v) is 24.8. The number of carbonyl (C=O) groups excluding carboxylic acids is 2. The summed E-state index contributed by atoms with van der Waals surface area (Å²) in [5, 5.41) is 0.447. The molecule has 2 heterocycles.